The quantitative estimate of drug-likeness (QED) is 0.803. The van der Waals surface area contributed by atoms with Gasteiger partial charge in [-0.1, -0.05) is 0 Å². The number of oxazole rings is 1. The van der Waals surface area contributed by atoms with Gasteiger partial charge in [0.25, 0.3) is 6.01 Å². The number of carbonyl (C=O) groups excluding carboxylic acids is 1. The van der Waals surface area contributed by atoms with E-state index in [0.29, 0.717) is 19.2 Å². The Morgan fingerprint density at radius 3 is 3.18 bits per heavy atom. The van der Waals surface area contributed by atoms with Crippen LogP contribution >= 0.6 is 0 Å². The molecule has 2 rings (SSSR count). The molecule has 0 radical (unpaired) electrons. The summed E-state index contributed by atoms with van der Waals surface area (Å²) in [5.41, 5.74) is -0.00609. The molecule has 1 N–H and O–H groups in total. The molecule has 17 heavy (non-hydrogen) atoms. The van der Waals surface area contributed by atoms with Crippen molar-refractivity contribution in [3.63, 3.8) is 0 Å². The summed E-state index contributed by atoms with van der Waals surface area (Å²) in [6.45, 7) is 5.40. The van der Waals surface area contributed by atoms with Crippen LogP contribution in [0.15, 0.2) is 10.7 Å². The Kier molecular flexibility index (Phi) is 3.33. The zero-order valence-electron chi connectivity index (χ0n) is 9.99. The summed E-state index contributed by atoms with van der Waals surface area (Å²) in [5, 5.41) is 3.12. The van der Waals surface area contributed by atoms with E-state index >= 15 is 0 Å². The fourth-order valence-corrected chi connectivity index (χ4v) is 1.65. The van der Waals surface area contributed by atoms with Crippen LogP contribution in [0.3, 0.4) is 0 Å². The molecule has 0 aliphatic carbocycles. The fourth-order valence-electron chi connectivity index (χ4n) is 1.65. The number of aromatic nitrogens is 1. The smallest absolute Gasteiger partial charge is 0.360 e. The number of hydrogen-bond donors (Lipinski definition) is 1. The Morgan fingerprint density at radius 2 is 2.53 bits per heavy atom. The summed E-state index contributed by atoms with van der Waals surface area (Å²) >= 11 is 0. The standard InChI is InChI=1S/C11H16N2O4/c1-3-16-9(14)8-6-17-10(12-8)13-11(2)4-5-15-7-11/h6H,3-5,7H2,1-2H3,(H,12,13). The number of carbonyl (C=O) groups is 1. The minimum atomic E-state index is -0.475. The van der Waals surface area contributed by atoms with Gasteiger partial charge in [-0.15, -0.1) is 0 Å². The van der Waals surface area contributed by atoms with Crippen LogP contribution in [0.5, 0.6) is 0 Å². The van der Waals surface area contributed by atoms with Gasteiger partial charge in [0.1, 0.15) is 6.26 Å². The van der Waals surface area contributed by atoms with E-state index in [0.717, 1.165) is 13.0 Å². The predicted molar refractivity (Wildman–Crippen MR) is 59.9 cm³/mol. The molecule has 1 aliphatic heterocycles. The normalized spacial score (nSPS) is 23.6. The Labute approximate surface area is 99.3 Å². The summed E-state index contributed by atoms with van der Waals surface area (Å²) in [4.78, 5) is 15.4. The molecule has 0 aromatic carbocycles. The van der Waals surface area contributed by atoms with Gasteiger partial charge in [-0.3, -0.25) is 0 Å². The molecule has 1 aromatic rings. The van der Waals surface area contributed by atoms with Gasteiger partial charge >= 0.3 is 5.97 Å². The Bertz CT molecular complexity index is 396. The molecule has 0 bridgehead atoms. The van der Waals surface area contributed by atoms with Gasteiger partial charge < -0.3 is 19.2 Å². The summed E-state index contributed by atoms with van der Waals surface area (Å²) in [6, 6.07) is 0.320. The molecule has 94 valence electrons. The van der Waals surface area contributed by atoms with Crippen LogP contribution in [-0.4, -0.2) is 36.3 Å². The van der Waals surface area contributed by atoms with Crippen molar-refractivity contribution in [3.8, 4) is 0 Å². The van der Waals surface area contributed by atoms with E-state index in [4.69, 9.17) is 13.9 Å². The maximum atomic E-state index is 11.4. The average Bonchev–Trinajstić information content (AvgIpc) is 2.89. The summed E-state index contributed by atoms with van der Waals surface area (Å²) in [5.74, 6) is -0.475. The molecule has 2 heterocycles. The third-order valence-electron chi connectivity index (χ3n) is 2.62. The first kappa shape index (κ1) is 11.9. The Morgan fingerprint density at radius 1 is 1.71 bits per heavy atom. The van der Waals surface area contributed by atoms with Crippen molar-refractivity contribution >= 4 is 12.0 Å². The number of esters is 1. The molecule has 1 aromatic heterocycles. The lowest BCUT2D eigenvalue weighted by Gasteiger charge is -2.21. The average molecular weight is 240 g/mol. The van der Waals surface area contributed by atoms with E-state index in [-0.39, 0.29) is 11.2 Å². The lowest BCUT2D eigenvalue weighted by molar-refractivity contribution is 0.0519. The number of rotatable bonds is 4. The minimum absolute atomic E-state index is 0.178. The van der Waals surface area contributed by atoms with Gasteiger partial charge in [-0.2, -0.15) is 4.98 Å². The van der Waals surface area contributed by atoms with Gasteiger partial charge in [0.2, 0.25) is 0 Å². The second-order valence-corrected chi connectivity index (χ2v) is 4.25. The second kappa shape index (κ2) is 4.75. The molecule has 6 heteroatoms. The number of nitrogens with one attached hydrogen (secondary N) is 1. The monoisotopic (exact) mass is 240 g/mol. The highest BCUT2D eigenvalue weighted by Crippen LogP contribution is 2.23. The number of nitrogens with zero attached hydrogens (tertiary/aromatic N) is 1. The molecular formula is C11H16N2O4. The topological polar surface area (TPSA) is 73.6 Å². The molecule has 1 aliphatic rings. The zero-order valence-corrected chi connectivity index (χ0v) is 9.99. The van der Waals surface area contributed by atoms with E-state index in [1.165, 1.54) is 6.26 Å². The molecule has 0 saturated carbocycles. The SMILES string of the molecule is CCOC(=O)c1coc(NC2(C)CCOC2)n1. The van der Waals surface area contributed by atoms with Crippen LogP contribution in [0.2, 0.25) is 0 Å². The summed E-state index contributed by atoms with van der Waals surface area (Å²) in [7, 11) is 0. The van der Waals surface area contributed by atoms with Crippen LogP contribution in [0.4, 0.5) is 6.01 Å². The largest absolute Gasteiger partial charge is 0.461 e. The van der Waals surface area contributed by atoms with Crippen molar-refractivity contribution in [3.05, 3.63) is 12.0 Å². The van der Waals surface area contributed by atoms with Crippen molar-refractivity contribution in [2.75, 3.05) is 25.1 Å². The number of anilines is 1. The molecule has 1 fully saturated rings. The first-order chi connectivity index (χ1) is 8.13. The van der Waals surface area contributed by atoms with Crippen LogP contribution in [0.1, 0.15) is 30.8 Å². The number of ether oxygens (including phenoxy) is 2. The molecule has 0 amide bonds. The van der Waals surface area contributed by atoms with Crippen molar-refractivity contribution in [1.82, 2.24) is 4.98 Å². The molecular weight excluding hydrogens is 224 g/mol. The second-order valence-electron chi connectivity index (χ2n) is 4.25. The molecule has 1 saturated heterocycles. The Hall–Kier alpha value is -1.56. The van der Waals surface area contributed by atoms with Crippen LogP contribution in [-0.2, 0) is 9.47 Å². The molecule has 6 nitrogen and oxygen atoms in total. The highest BCUT2D eigenvalue weighted by atomic mass is 16.5. The van der Waals surface area contributed by atoms with Crippen molar-refractivity contribution in [1.29, 1.82) is 0 Å². The van der Waals surface area contributed by atoms with Crippen LogP contribution in [0.25, 0.3) is 0 Å². The highest BCUT2D eigenvalue weighted by Gasteiger charge is 2.31. The highest BCUT2D eigenvalue weighted by molar-refractivity contribution is 5.87. The first-order valence-electron chi connectivity index (χ1n) is 5.61. The Balaban J connectivity index is 2.00. The number of hydrogen-bond acceptors (Lipinski definition) is 6. The van der Waals surface area contributed by atoms with Crippen molar-refractivity contribution in [2.24, 2.45) is 0 Å². The maximum Gasteiger partial charge on any atom is 0.360 e. The van der Waals surface area contributed by atoms with Gasteiger partial charge in [-0.05, 0) is 20.3 Å². The lowest BCUT2D eigenvalue weighted by atomic mass is 10.0. The van der Waals surface area contributed by atoms with E-state index in [2.05, 4.69) is 10.3 Å². The third kappa shape index (κ3) is 2.76. The third-order valence-corrected chi connectivity index (χ3v) is 2.62. The molecule has 1 atom stereocenters. The molecule has 1 unspecified atom stereocenters. The predicted octanol–water partition coefficient (Wildman–Crippen LogP) is 1.44. The summed E-state index contributed by atoms with van der Waals surface area (Å²) in [6.07, 6.45) is 2.17. The van der Waals surface area contributed by atoms with E-state index in [1.807, 2.05) is 6.92 Å². The minimum Gasteiger partial charge on any atom is -0.461 e. The van der Waals surface area contributed by atoms with Gasteiger partial charge in [-0.25, -0.2) is 4.79 Å². The fraction of sp³-hybridized carbons (Fsp3) is 0.636. The maximum absolute atomic E-state index is 11.4. The van der Waals surface area contributed by atoms with Crippen molar-refractivity contribution < 1.29 is 18.7 Å². The lowest BCUT2D eigenvalue weighted by Crippen LogP contribution is -2.35. The van der Waals surface area contributed by atoms with E-state index in [9.17, 15) is 4.79 Å². The van der Waals surface area contributed by atoms with Gasteiger partial charge in [0.05, 0.1) is 18.8 Å². The van der Waals surface area contributed by atoms with Crippen LogP contribution in [0, 0.1) is 0 Å². The first-order valence-corrected chi connectivity index (χ1v) is 5.61. The van der Waals surface area contributed by atoms with E-state index < -0.39 is 5.97 Å². The van der Waals surface area contributed by atoms with Gasteiger partial charge in [0.15, 0.2) is 5.69 Å². The summed E-state index contributed by atoms with van der Waals surface area (Å²) < 4.78 is 15.3. The van der Waals surface area contributed by atoms with E-state index in [1.54, 1.807) is 6.92 Å². The zero-order chi connectivity index (χ0) is 12.3. The van der Waals surface area contributed by atoms with Crippen LogP contribution < -0.4 is 5.32 Å². The van der Waals surface area contributed by atoms with Gasteiger partial charge in [0, 0.05) is 6.61 Å². The van der Waals surface area contributed by atoms with Crippen molar-refractivity contribution in [2.45, 2.75) is 25.8 Å². The molecule has 0 spiro atoms.